The van der Waals surface area contributed by atoms with Gasteiger partial charge in [-0.25, -0.2) is 4.79 Å². The summed E-state index contributed by atoms with van der Waals surface area (Å²) in [5.41, 5.74) is 6.18. The second kappa shape index (κ2) is 7.81. The Morgan fingerprint density at radius 1 is 1.38 bits per heavy atom. The Morgan fingerprint density at radius 2 is 2.05 bits per heavy atom. The lowest BCUT2D eigenvalue weighted by Gasteiger charge is -2.16. The lowest BCUT2D eigenvalue weighted by atomic mass is 10.2. The van der Waals surface area contributed by atoms with Crippen LogP contribution in [0.25, 0.3) is 0 Å². The third-order valence-electron chi connectivity index (χ3n) is 2.65. The van der Waals surface area contributed by atoms with Gasteiger partial charge in [-0.1, -0.05) is 0 Å². The van der Waals surface area contributed by atoms with E-state index in [1.54, 1.807) is 18.2 Å². The topological polar surface area (TPSA) is 102 Å². The fraction of sp³-hybridized carbons (Fsp3) is 0.308. The van der Waals surface area contributed by atoms with E-state index in [1.807, 2.05) is 22.6 Å². The van der Waals surface area contributed by atoms with Crippen LogP contribution in [0.15, 0.2) is 18.2 Å². The highest BCUT2D eigenvalue weighted by Crippen LogP contribution is 2.16. The van der Waals surface area contributed by atoms with E-state index in [1.165, 1.54) is 19.0 Å². The zero-order valence-corrected chi connectivity index (χ0v) is 13.8. The number of hydrogen-bond acceptors (Lipinski definition) is 5. The molecule has 0 spiro atoms. The van der Waals surface area contributed by atoms with Crippen molar-refractivity contribution in [1.82, 2.24) is 10.2 Å². The molecule has 8 heteroatoms. The summed E-state index contributed by atoms with van der Waals surface area (Å²) in [6.45, 7) is -0.546. The van der Waals surface area contributed by atoms with Gasteiger partial charge in [-0.3, -0.25) is 9.59 Å². The van der Waals surface area contributed by atoms with Crippen molar-refractivity contribution in [1.29, 1.82) is 0 Å². The van der Waals surface area contributed by atoms with Crippen molar-refractivity contribution in [3.8, 4) is 0 Å². The molecule has 21 heavy (non-hydrogen) atoms. The third-order valence-corrected chi connectivity index (χ3v) is 3.32. The molecule has 0 aliphatic heterocycles. The zero-order chi connectivity index (χ0) is 16.0. The minimum atomic E-state index is -0.673. The molecular weight excluding hydrogens is 389 g/mol. The van der Waals surface area contributed by atoms with Crippen LogP contribution < -0.4 is 11.1 Å². The average molecular weight is 405 g/mol. The van der Waals surface area contributed by atoms with Gasteiger partial charge < -0.3 is 20.7 Å². The van der Waals surface area contributed by atoms with Crippen LogP contribution in [0.4, 0.5) is 5.69 Å². The largest absolute Gasteiger partial charge is 0.452 e. The smallest absolute Gasteiger partial charge is 0.340 e. The molecule has 0 aromatic heterocycles. The molecule has 0 fully saturated rings. The number of carbonyl (C=O) groups excluding carboxylic acids is 3. The summed E-state index contributed by atoms with van der Waals surface area (Å²) in [7, 11) is 2.92. The fourth-order valence-electron chi connectivity index (χ4n) is 1.40. The second-order valence-corrected chi connectivity index (χ2v) is 5.48. The molecule has 7 nitrogen and oxygen atoms in total. The van der Waals surface area contributed by atoms with E-state index < -0.39 is 18.5 Å². The number of amides is 2. The molecule has 0 unspecified atom stereocenters. The number of nitrogens with two attached hydrogens (primary N) is 1. The van der Waals surface area contributed by atoms with Gasteiger partial charge in [0, 0.05) is 23.4 Å². The minimum Gasteiger partial charge on any atom is -0.452 e. The normalized spacial score (nSPS) is 9.86. The van der Waals surface area contributed by atoms with Crippen molar-refractivity contribution < 1.29 is 19.1 Å². The average Bonchev–Trinajstić information content (AvgIpc) is 2.46. The summed E-state index contributed by atoms with van der Waals surface area (Å²) in [5.74, 6) is -1.46. The maximum Gasteiger partial charge on any atom is 0.340 e. The van der Waals surface area contributed by atoms with Gasteiger partial charge in [-0.2, -0.15) is 0 Å². The SMILES string of the molecule is CNC(=O)CN(C)C(=O)COC(=O)c1cc(I)ccc1N. The van der Waals surface area contributed by atoms with Crippen molar-refractivity contribution in [2.75, 3.05) is 33.0 Å². The molecule has 0 saturated heterocycles. The molecule has 1 rings (SSSR count). The first-order valence-corrected chi connectivity index (χ1v) is 7.09. The number of anilines is 1. The van der Waals surface area contributed by atoms with Crippen LogP contribution in [0, 0.1) is 3.57 Å². The van der Waals surface area contributed by atoms with Crippen molar-refractivity contribution in [2.45, 2.75) is 0 Å². The van der Waals surface area contributed by atoms with Gasteiger partial charge in [-0.05, 0) is 40.8 Å². The number of likely N-dealkylation sites (N-methyl/N-ethyl adjacent to an activating group) is 2. The number of esters is 1. The predicted molar refractivity (Wildman–Crippen MR) is 85.6 cm³/mol. The fourth-order valence-corrected chi connectivity index (χ4v) is 1.89. The number of nitrogen functional groups attached to an aromatic ring is 1. The summed E-state index contributed by atoms with van der Waals surface area (Å²) in [6, 6.07) is 4.93. The van der Waals surface area contributed by atoms with Gasteiger partial charge in [0.1, 0.15) is 0 Å². The van der Waals surface area contributed by atoms with Gasteiger partial charge >= 0.3 is 5.97 Å². The Kier molecular flexibility index (Phi) is 6.40. The van der Waals surface area contributed by atoms with Gasteiger partial charge in [0.15, 0.2) is 6.61 Å². The molecule has 0 heterocycles. The maximum absolute atomic E-state index is 11.9. The van der Waals surface area contributed by atoms with Crippen LogP contribution in [-0.2, 0) is 14.3 Å². The number of rotatable bonds is 5. The molecule has 0 atom stereocenters. The summed E-state index contributed by atoms with van der Waals surface area (Å²) in [6.07, 6.45) is 0. The first kappa shape index (κ1) is 17.2. The first-order valence-electron chi connectivity index (χ1n) is 6.02. The highest BCUT2D eigenvalue weighted by Gasteiger charge is 2.17. The van der Waals surface area contributed by atoms with E-state index in [0.717, 1.165) is 3.57 Å². The van der Waals surface area contributed by atoms with E-state index in [-0.39, 0.29) is 23.7 Å². The molecule has 0 saturated carbocycles. The van der Waals surface area contributed by atoms with Crippen molar-refractivity contribution >= 4 is 46.1 Å². The summed E-state index contributed by atoms with van der Waals surface area (Å²) in [5, 5.41) is 2.40. The van der Waals surface area contributed by atoms with Crippen LogP contribution in [0.3, 0.4) is 0 Å². The van der Waals surface area contributed by atoms with E-state index in [9.17, 15) is 14.4 Å². The van der Waals surface area contributed by atoms with Gasteiger partial charge in [0.05, 0.1) is 12.1 Å². The molecule has 0 aliphatic rings. The summed E-state index contributed by atoms with van der Waals surface area (Å²) >= 11 is 2.04. The molecule has 0 aliphatic carbocycles. The molecule has 2 amide bonds. The van der Waals surface area contributed by atoms with Crippen LogP contribution in [0.1, 0.15) is 10.4 Å². The lowest BCUT2D eigenvalue weighted by Crippen LogP contribution is -2.39. The van der Waals surface area contributed by atoms with Gasteiger partial charge in [-0.15, -0.1) is 0 Å². The molecular formula is C13H16IN3O4. The maximum atomic E-state index is 11.9. The Hall–Kier alpha value is -1.84. The number of benzene rings is 1. The van der Waals surface area contributed by atoms with Crippen LogP contribution in [0.2, 0.25) is 0 Å². The van der Waals surface area contributed by atoms with Crippen molar-refractivity contribution in [3.63, 3.8) is 0 Å². The van der Waals surface area contributed by atoms with Crippen molar-refractivity contribution in [3.05, 3.63) is 27.3 Å². The second-order valence-electron chi connectivity index (χ2n) is 4.23. The highest BCUT2D eigenvalue weighted by molar-refractivity contribution is 14.1. The molecule has 114 valence electrons. The predicted octanol–water partition coefficient (Wildman–Crippen LogP) is 0.235. The minimum absolute atomic E-state index is 0.0990. The highest BCUT2D eigenvalue weighted by atomic mass is 127. The molecule has 0 radical (unpaired) electrons. The Balaban J connectivity index is 2.58. The van der Waals surface area contributed by atoms with E-state index in [2.05, 4.69) is 5.32 Å². The molecule has 1 aromatic rings. The third kappa shape index (κ3) is 5.21. The quantitative estimate of drug-likeness (QED) is 0.415. The number of ether oxygens (including phenoxy) is 1. The Labute approximate surface area is 135 Å². The standard InChI is InChI=1S/C13H16IN3O4/c1-16-11(18)6-17(2)12(19)7-21-13(20)9-5-8(14)3-4-10(9)15/h3-5H,6-7,15H2,1-2H3,(H,16,18). The van der Waals surface area contributed by atoms with Crippen LogP contribution in [-0.4, -0.2) is 49.9 Å². The monoisotopic (exact) mass is 405 g/mol. The molecule has 3 N–H and O–H groups in total. The summed E-state index contributed by atoms with van der Waals surface area (Å²) in [4.78, 5) is 35.9. The number of nitrogens with one attached hydrogen (secondary N) is 1. The zero-order valence-electron chi connectivity index (χ0n) is 11.7. The van der Waals surface area contributed by atoms with E-state index >= 15 is 0 Å². The molecule has 0 bridgehead atoms. The van der Waals surface area contributed by atoms with Gasteiger partial charge in [0.25, 0.3) is 5.91 Å². The number of carbonyl (C=O) groups is 3. The lowest BCUT2D eigenvalue weighted by molar-refractivity contribution is -0.137. The van der Waals surface area contributed by atoms with Crippen molar-refractivity contribution in [2.24, 2.45) is 0 Å². The Bertz CT molecular complexity index is 562. The number of hydrogen-bond donors (Lipinski definition) is 2. The van der Waals surface area contributed by atoms with Crippen LogP contribution >= 0.6 is 22.6 Å². The first-order chi connectivity index (χ1) is 9.85. The Morgan fingerprint density at radius 3 is 2.67 bits per heavy atom. The summed E-state index contributed by atoms with van der Waals surface area (Å²) < 4.78 is 5.75. The van der Waals surface area contributed by atoms with Gasteiger partial charge in [0.2, 0.25) is 5.91 Å². The van der Waals surface area contributed by atoms with E-state index in [0.29, 0.717) is 0 Å². The van der Waals surface area contributed by atoms with Crippen LogP contribution in [0.5, 0.6) is 0 Å². The molecule has 1 aromatic carbocycles. The number of nitrogens with zero attached hydrogens (tertiary/aromatic N) is 1. The number of halogens is 1. The van der Waals surface area contributed by atoms with E-state index in [4.69, 9.17) is 10.5 Å².